The minimum Gasteiger partial charge on any atom is -0.501 e. The highest BCUT2D eigenvalue weighted by molar-refractivity contribution is 5.95. The van der Waals surface area contributed by atoms with Gasteiger partial charge in [-0.3, -0.25) is 4.79 Å². The number of aryl methyl sites for hydroxylation is 1. The van der Waals surface area contributed by atoms with E-state index in [2.05, 4.69) is 15.3 Å². The number of carbonyl (C=O) groups excluding carboxylic acids is 1. The predicted molar refractivity (Wildman–Crippen MR) is 67.7 cm³/mol. The Morgan fingerprint density at radius 1 is 1.30 bits per heavy atom. The molecule has 1 heterocycles. The van der Waals surface area contributed by atoms with Crippen molar-refractivity contribution in [3.05, 3.63) is 47.2 Å². The molecule has 2 rings (SSSR count). The van der Waals surface area contributed by atoms with E-state index in [4.69, 9.17) is 0 Å². The maximum absolute atomic E-state index is 13.4. The smallest absolute Gasteiger partial charge is 0.274 e. The summed E-state index contributed by atoms with van der Waals surface area (Å²) >= 11 is 0. The Kier molecular flexibility index (Phi) is 3.79. The molecule has 1 aromatic carbocycles. The van der Waals surface area contributed by atoms with Crippen molar-refractivity contribution in [3.63, 3.8) is 0 Å². The Balaban J connectivity index is 2.15. The lowest BCUT2D eigenvalue weighted by atomic mass is 10.2. The van der Waals surface area contributed by atoms with Crippen molar-refractivity contribution in [3.8, 4) is 11.6 Å². The van der Waals surface area contributed by atoms with Gasteiger partial charge in [0.25, 0.3) is 11.8 Å². The summed E-state index contributed by atoms with van der Waals surface area (Å²) in [6.45, 7) is 1.40. The third-order valence-corrected chi connectivity index (χ3v) is 2.59. The summed E-state index contributed by atoms with van der Waals surface area (Å²) < 4.78 is 13.4. The Hall–Kier alpha value is -2.70. The lowest BCUT2D eigenvalue weighted by molar-refractivity contribution is 0.0941. The van der Waals surface area contributed by atoms with Gasteiger partial charge >= 0.3 is 0 Å². The van der Waals surface area contributed by atoms with Crippen LogP contribution in [0, 0.1) is 12.7 Å². The van der Waals surface area contributed by atoms with Crippen LogP contribution in [-0.2, 0) is 6.54 Å². The van der Waals surface area contributed by atoms with Crippen LogP contribution in [-0.4, -0.2) is 26.1 Å². The number of amides is 1. The van der Waals surface area contributed by atoms with Crippen LogP contribution in [0.4, 0.5) is 4.39 Å². The van der Waals surface area contributed by atoms with Crippen LogP contribution in [0.5, 0.6) is 11.6 Å². The van der Waals surface area contributed by atoms with Crippen LogP contribution in [0.15, 0.2) is 24.3 Å². The summed E-state index contributed by atoms with van der Waals surface area (Å²) in [6, 6.07) is 5.98. The molecule has 0 unspecified atom stereocenters. The molecular formula is C13H12FN3O3. The minimum absolute atomic E-state index is 0.0608. The number of nitrogens with zero attached hydrogens (tertiary/aromatic N) is 2. The van der Waals surface area contributed by atoms with Gasteiger partial charge < -0.3 is 15.5 Å². The van der Waals surface area contributed by atoms with Crippen molar-refractivity contribution in [2.75, 3.05) is 0 Å². The molecule has 0 saturated heterocycles. The summed E-state index contributed by atoms with van der Waals surface area (Å²) in [6.07, 6.45) is 0. The Morgan fingerprint density at radius 2 is 2.00 bits per heavy atom. The first-order valence-corrected chi connectivity index (χ1v) is 5.77. The summed E-state index contributed by atoms with van der Waals surface area (Å²) in [5.41, 5.74) is -0.0540. The number of nitrogens with one attached hydrogen (secondary N) is 1. The highest BCUT2D eigenvalue weighted by atomic mass is 19.1. The second-order valence-corrected chi connectivity index (χ2v) is 4.07. The van der Waals surface area contributed by atoms with Crippen LogP contribution >= 0.6 is 0 Å². The third-order valence-electron chi connectivity index (χ3n) is 2.59. The first-order valence-electron chi connectivity index (χ1n) is 5.77. The van der Waals surface area contributed by atoms with E-state index >= 15 is 0 Å². The SMILES string of the molecule is Cc1nc(O)c(O)c(C(=O)NCc2ccccc2F)n1. The van der Waals surface area contributed by atoms with E-state index in [-0.39, 0.29) is 18.1 Å². The number of carbonyl (C=O) groups is 1. The van der Waals surface area contributed by atoms with E-state index in [9.17, 15) is 19.4 Å². The van der Waals surface area contributed by atoms with Crippen LogP contribution in [0.25, 0.3) is 0 Å². The number of benzene rings is 1. The molecule has 1 aromatic heterocycles. The average Bonchev–Trinajstić information content (AvgIpc) is 2.41. The average molecular weight is 277 g/mol. The molecule has 1 amide bonds. The van der Waals surface area contributed by atoms with Crippen molar-refractivity contribution in [2.24, 2.45) is 0 Å². The van der Waals surface area contributed by atoms with Gasteiger partial charge in [-0.25, -0.2) is 9.37 Å². The predicted octanol–water partition coefficient (Wildman–Crippen LogP) is 1.27. The highest BCUT2D eigenvalue weighted by Crippen LogP contribution is 2.24. The number of aromatic nitrogens is 2. The molecule has 0 atom stereocenters. The fourth-order valence-corrected chi connectivity index (χ4v) is 1.61. The molecule has 7 heteroatoms. The molecule has 0 bridgehead atoms. The zero-order chi connectivity index (χ0) is 14.7. The molecule has 0 aliphatic heterocycles. The highest BCUT2D eigenvalue weighted by Gasteiger charge is 2.18. The molecule has 0 aliphatic carbocycles. The largest absolute Gasteiger partial charge is 0.501 e. The first kappa shape index (κ1) is 13.7. The van der Waals surface area contributed by atoms with Crippen molar-refractivity contribution in [1.29, 1.82) is 0 Å². The van der Waals surface area contributed by atoms with Gasteiger partial charge in [-0.2, -0.15) is 4.98 Å². The minimum atomic E-state index is -0.730. The number of aromatic hydroxyl groups is 2. The quantitative estimate of drug-likeness (QED) is 0.785. The topological polar surface area (TPSA) is 95.3 Å². The maximum Gasteiger partial charge on any atom is 0.274 e. The lowest BCUT2D eigenvalue weighted by Gasteiger charge is -2.08. The maximum atomic E-state index is 13.4. The van der Waals surface area contributed by atoms with E-state index < -0.39 is 23.4 Å². The zero-order valence-electron chi connectivity index (χ0n) is 10.6. The molecule has 3 N–H and O–H groups in total. The molecular weight excluding hydrogens is 265 g/mol. The van der Waals surface area contributed by atoms with E-state index in [0.717, 1.165) is 0 Å². The standard InChI is InChI=1S/C13H12FN3O3/c1-7-16-10(11(18)13(20)17-7)12(19)15-6-8-4-2-3-5-9(8)14/h2-5,18H,6H2,1H3,(H,15,19)(H,16,17,20). The monoisotopic (exact) mass is 277 g/mol. The summed E-state index contributed by atoms with van der Waals surface area (Å²) in [4.78, 5) is 19.1. The first-order chi connectivity index (χ1) is 9.49. The van der Waals surface area contributed by atoms with Gasteiger partial charge in [-0.05, 0) is 13.0 Å². The van der Waals surface area contributed by atoms with E-state index in [1.807, 2.05) is 0 Å². The zero-order valence-corrected chi connectivity index (χ0v) is 10.6. The normalized spacial score (nSPS) is 10.3. The second kappa shape index (κ2) is 5.52. The molecule has 0 aliphatic rings. The molecule has 20 heavy (non-hydrogen) atoms. The number of halogens is 1. The third kappa shape index (κ3) is 2.82. The number of hydrogen-bond donors (Lipinski definition) is 3. The van der Waals surface area contributed by atoms with E-state index in [0.29, 0.717) is 5.56 Å². The summed E-state index contributed by atoms with van der Waals surface area (Å²) in [7, 11) is 0. The second-order valence-electron chi connectivity index (χ2n) is 4.07. The fourth-order valence-electron chi connectivity index (χ4n) is 1.61. The molecule has 0 saturated carbocycles. The van der Waals surface area contributed by atoms with Crippen LogP contribution in [0.2, 0.25) is 0 Å². The summed E-state index contributed by atoms with van der Waals surface area (Å²) in [5, 5.41) is 21.3. The lowest BCUT2D eigenvalue weighted by Crippen LogP contribution is -2.24. The Labute approximate surface area is 113 Å². The van der Waals surface area contributed by atoms with Crippen molar-refractivity contribution in [1.82, 2.24) is 15.3 Å². The van der Waals surface area contributed by atoms with Gasteiger partial charge in [0.15, 0.2) is 5.69 Å². The molecule has 2 aromatic rings. The van der Waals surface area contributed by atoms with Gasteiger partial charge in [-0.15, -0.1) is 0 Å². The van der Waals surface area contributed by atoms with Crippen LogP contribution in [0.1, 0.15) is 21.9 Å². The van der Waals surface area contributed by atoms with Gasteiger partial charge in [0.1, 0.15) is 11.6 Å². The van der Waals surface area contributed by atoms with Gasteiger partial charge in [0.05, 0.1) is 0 Å². The van der Waals surface area contributed by atoms with Crippen molar-refractivity contribution < 1.29 is 19.4 Å². The molecule has 104 valence electrons. The molecule has 0 radical (unpaired) electrons. The van der Waals surface area contributed by atoms with Gasteiger partial charge in [0, 0.05) is 12.1 Å². The molecule has 0 fully saturated rings. The van der Waals surface area contributed by atoms with Crippen molar-refractivity contribution >= 4 is 5.91 Å². The Bertz CT molecular complexity index is 661. The van der Waals surface area contributed by atoms with E-state index in [1.54, 1.807) is 6.07 Å². The number of rotatable bonds is 3. The van der Waals surface area contributed by atoms with Crippen LogP contribution in [0.3, 0.4) is 0 Å². The summed E-state index contributed by atoms with van der Waals surface area (Å²) in [5.74, 6) is -2.42. The molecule has 0 spiro atoms. The number of hydrogen-bond acceptors (Lipinski definition) is 5. The van der Waals surface area contributed by atoms with E-state index in [1.165, 1.54) is 25.1 Å². The van der Waals surface area contributed by atoms with Gasteiger partial charge in [-0.1, -0.05) is 18.2 Å². The fraction of sp³-hybridized carbons (Fsp3) is 0.154. The molecule has 6 nitrogen and oxygen atoms in total. The Morgan fingerprint density at radius 3 is 2.70 bits per heavy atom. The van der Waals surface area contributed by atoms with Gasteiger partial charge in [0.2, 0.25) is 5.75 Å². The van der Waals surface area contributed by atoms with Crippen LogP contribution < -0.4 is 5.32 Å². The van der Waals surface area contributed by atoms with Crippen molar-refractivity contribution in [2.45, 2.75) is 13.5 Å².